The molecule has 0 saturated carbocycles. The number of allylic oxidation sites excluding steroid dienone is 1. The summed E-state index contributed by atoms with van der Waals surface area (Å²) in [7, 11) is 0. The number of piperazine rings is 1. The van der Waals surface area contributed by atoms with Gasteiger partial charge in [0.25, 0.3) is 5.92 Å². The summed E-state index contributed by atoms with van der Waals surface area (Å²) in [6.45, 7) is 3.75. The number of halogens is 2. The van der Waals surface area contributed by atoms with Gasteiger partial charge in [-0.1, -0.05) is 13.3 Å². The summed E-state index contributed by atoms with van der Waals surface area (Å²) in [5.74, 6) is -3.21. The lowest BCUT2D eigenvalue weighted by atomic mass is 10.0. The van der Waals surface area contributed by atoms with Crippen LogP contribution in [0.2, 0.25) is 0 Å². The Morgan fingerprint density at radius 2 is 2.32 bits per heavy atom. The standard InChI is InChI=1S/C18H26F2N6O2/c1-2-3-14-13(4-6-21)23-7-9-25(14)11-12-10-18(19,20)16(28-12)26-8-5-15(22)24-17(26)27/h4-6,8,12,14,16,21,23H,2-3,7,9-11H2,1H3,(H2,22,24,27)/b13-4-,21-6?/t12-,14?,16+/m0/s1. The van der Waals surface area contributed by atoms with E-state index < -0.39 is 30.4 Å². The summed E-state index contributed by atoms with van der Waals surface area (Å²) in [5.41, 5.74) is 5.51. The second kappa shape index (κ2) is 8.36. The normalized spacial score (nSPS) is 29.0. The molecule has 1 aromatic rings. The minimum Gasteiger partial charge on any atom is -0.386 e. The van der Waals surface area contributed by atoms with Crippen LogP contribution in [0, 0.1) is 5.41 Å². The summed E-state index contributed by atoms with van der Waals surface area (Å²) < 4.78 is 35.6. The molecule has 154 valence electrons. The second-order valence-electron chi connectivity index (χ2n) is 7.13. The lowest BCUT2D eigenvalue weighted by Gasteiger charge is -2.39. The van der Waals surface area contributed by atoms with Crippen molar-refractivity contribution in [2.75, 3.05) is 25.4 Å². The highest BCUT2D eigenvalue weighted by molar-refractivity contribution is 5.69. The molecule has 10 heteroatoms. The Hall–Kier alpha value is -2.33. The van der Waals surface area contributed by atoms with E-state index in [9.17, 15) is 13.6 Å². The van der Waals surface area contributed by atoms with Crippen LogP contribution in [0.5, 0.6) is 0 Å². The predicted octanol–water partition coefficient (Wildman–Crippen LogP) is 1.36. The van der Waals surface area contributed by atoms with Crippen LogP contribution in [0.25, 0.3) is 0 Å². The average molecular weight is 396 g/mol. The van der Waals surface area contributed by atoms with Crippen molar-refractivity contribution < 1.29 is 13.5 Å². The van der Waals surface area contributed by atoms with Crippen molar-refractivity contribution in [1.82, 2.24) is 19.8 Å². The van der Waals surface area contributed by atoms with E-state index in [1.165, 1.54) is 18.5 Å². The first-order valence-electron chi connectivity index (χ1n) is 9.42. The minimum atomic E-state index is -3.19. The molecule has 2 fully saturated rings. The van der Waals surface area contributed by atoms with Crippen LogP contribution in [-0.2, 0) is 4.74 Å². The molecule has 2 aliphatic heterocycles. The molecule has 3 rings (SSSR count). The first-order chi connectivity index (χ1) is 13.4. The summed E-state index contributed by atoms with van der Waals surface area (Å²) in [5, 5.41) is 10.6. The fraction of sp³-hybridized carbons (Fsp3) is 0.611. The highest BCUT2D eigenvalue weighted by atomic mass is 19.3. The van der Waals surface area contributed by atoms with Crippen molar-refractivity contribution in [3.05, 3.63) is 34.5 Å². The quantitative estimate of drug-likeness (QED) is 0.627. The summed E-state index contributed by atoms with van der Waals surface area (Å²) in [6, 6.07) is 1.33. The van der Waals surface area contributed by atoms with E-state index in [-0.39, 0.29) is 11.9 Å². The molecular weight excluding hydrogens is 370 g/mol. The van der Waals surface area contributed by atoms with E-state index in [1.54, 1.807) is 6.08 Å². The number of nitrogens with zero attached hydrogens (tertiary/aromatic N) is 3. The van der Waals surface area contributed by atoms with Crippen LogP contribution in [0.4, 0.5) is 14.6 Å². The van der Waals surface area contributed by atoms with Gasteiger partial charge in [-0.25, -0.2) is 13.6 Å². The van der Waals surface area contributed by atoms with E-state index in [0.29, 0.717) is 19.6 Å². The lowest BCUT2D eigenvalue weighted by molar-refractivity contribution is -0.119. The Morgan fingerprint density at radius 1 is 1.54 bits per heavy atom. The molecule has 0 aromatic carbocycles. The third-order valence-electron chi connectivity index (χ3n) is 5.08. The van der Waals surface area contributed by atoms with E-state index in [4.69, 9.17) is 15.9 Å². The topological polar surface area (TPSA) is 109 Å². The van der Waals surface area contributed by atoms with E-state index in [1.807, 2.05) is 0 Å². The Balaban J connectivity index is 1.76. The molecule has 28 heavy (non-hydrogen) atoms. The summed E-state index contributed by atoms with van der Waals surface area (Å²) in [6.07, 6.45) is 3.02. The fourth-order valence-electron chi connectivity index (χ4n) is 3.88. The van der Waals surface area contributed by atoms with Crippen molar-refractivity contribution >= 4 is 12.0 Å². The molecule has 1 aromatic heterocycles. The maximum atomic E-state index is 14.6. The highest BCUT2D eigenvalue weighted by Gasteiger charge is 2.52. The average Bonchev–Trinajstić information content (AvgIpc) is 2.92. The van der Waals surface area contributed by atoms with Gasteiger partial charge in [-0.05, 0) is 18.6 Å². The minimum absolute atomic E-state index is 0.0205. The fourth-order valence-corrected chi connectivity index (χ4v) is 3.88. The zero-order valence-corrected chi connectivity index (χ0v) is 15.8. The molecule has 4 N–H and O–H groups in total. The Bertz CT molecular complexity index is 797. The Morgan fingerprint density at radius 3 is 3.00 bits per heavy atom. The number of alkyl halides is 2. The van der Waals surface area contributed by atoms with Gasteiger partial charge in [0.1, 0.15) is 5.82 Å². The maximum Gasteiger partial charge on any atom is 0.351 e. The highest BCUT2D eigenvalue weighted by Crippen LogP contribution is 2.42. The van der Waals surface area contributed by atoms with Crippen molar-refractivity contribution in [2.45, 2.75) is 50.5 Å². The van der Waals surface area contributed by atoms with E-state index in [0.717, 1.165) is 23.1 Å². The van der Waals surface area contributed by atoms with Crippen LogP contribution >= 0.6 is 0 Å². The Kier molecular flexibility index (Phi) is 6.09. The zero-order chi connectivity index (χ0) is 20.3. The van der Waals surface area contributed by atoms with Gasteiger partial charge in [0.15, 0.2) is 0 Å². The van der Waals surface area contributed by atoms with Gasteiger partial charge in [-0.2, -0.15) is 4.98 Å². The number of ether oxygens (including phenoxy) is 1. The molecule has 2 saturated heterocycles. The largest absolute Gasteiger partial charge is 0.386 e. The predicted molar refractivity (Wildman–Crippen MR) is 102 cm³/mol. The number of hydrogen-bond donors (Lipinski definition) is 3. The van der Waals surface area contributed by atoms with Gasteiger partial charge in [-0.15, -0.1) is 0 Å². The molecule has 0 spiro atoms. The molecule has 0 bridgehead atoms. The number of nitrogens with two attached hydrogens (primary N) is 1. The van der Waals surface area contributed by atoms with Gasteiger partial charge in [0, 0.05) is 50.2 Å². The number of hydrogen-bond acceptors (Lipinski definition) is 7. The second-order valence-corrected chi connectivity index (χ2v) is 7.13. The van der Waals surface area contributed by atoms with Crippen LogP contribution in [0.3, 0.4) is 0 Å². The number of aromatic nitrogens is 2. The molecule has 0 aliphatic carbocycles. The Labute approximate surface area is 161 Å². The SMILES string of the molecule is CCCC1/C(=C/C=N)NCCN1C[C@@H]1CC(F)(F)[C@H](n2ccc(N)nc2=O)O1. The molecule has 1 unspecified atom stereocenters. The van der Waals surface area contributed by atoms with Gasteiger partial charge in [-0.3, -0.25) is 9.47 Å². The van der Waals surface area contributed by atoms with Crippen LogP contribution in [-0.4, -0.2) is 58.4 Å². The molecular formula is C18H26F2N6O2. The molecule has 3 atom stereocenters. The van der Waals surface area contributed by atoms with Gasteiger partial charge in [0.05, 0.1) is 6.10 Å². The first kappa shape index (κ1) is 20.4. The third kappa shape index (κ3) is 4.22. The number of anilines is 1. The molecule has 2 aliphatic rings. The van der Waals surface area contributed by atoms with Crippen molar-refractivity contribution in [3.63, 3.8) is 0 Å². The van der Waals surface area contributed by atoms with Gasteiger partial charge in [0.2, 0.25) is 6.23 Å². The van der Waals surface area contributed by atoms with Crippen LogP contribution < -0.4 is 16.7 Å². The number of nitrogen functional groups attached to an aromatic ring is 1. The summed E-state index contributed by atoms with van der Waals surface area (Å²) >= 11 is 0. The van der Waals surface area contributed by atoms with Gasteiger partial charge < -0.3 is 21.2 Å². The van der Waals surface area contributed by atoms with Crippen molar-refractivity contribution in [3.8, 4) is 0 Å². The third-order valence-corrected chi connectivity index (χ3v) is 5.08. The van der Waals surface area contributed by atoms with Gasteiger partial charge >= 0.3 is 5.69 Å². The number of rotatable bonds is 6. The number of nitrogens with one attached hydrogen (secondary N) is 2. The van der Waals surface area contributed by atoms with Crippen LogP contribution in [0.15, 0.2) is 28.8 Å². The smallest absolute Gasteiger partial charge is 0.351 e. The lowest BCUT2D eigenvalue weighted by Crippen LogP contribution is -2.51. The summed E-state index contributed by atoms with van der Waals surface area (Å²) in [4.78, 5) is 17.6. The monoisotopic (exact) mass is 396 g/mol. The molecule has 8 nitrogen and oxygen atoms in total. The van der Waals surface area contributed by atoms with Crippen LogP contribution in [0.1, 0.15) is 32.4 Å². The first-order valence-corrected chi connectivity index (χ1v) is 9.42. The zero-order valence-electron chi connectivity index (χ0n) is 15.8. The molecule has 3 heterocycles. The molecule has 0 amide bonds. The maximum absolute atomic E-state index is 14.6. The van der Waals surface area contributed by atoms with E-state index >= 15 is 0 Å². The van der Waals surface area contributed by atoms with Crippen molar-refractivity contribution in [1.29, 1.82) is 5.41 Å². The van der Waals surface area contributed by atoms with E-state index in [2.05, 4.69) is 22.1 Å². The van der Waals surface area contributed by atoms with Crippen molar-refractivity contribution in [2.24, 2.45) is 0 Å². The molecule has 0 radical (unpaired) electrons.